The van der Waals surface area contributed by atoms with Crippen molar-refractivity contribution in [2.75, 3.05) is 26.2 Å². The monoisotopic (exact) mass is 656 g/mol. The van der Waals surface area contributed by atoms with Gasteiger partial charge in [0.2, 0.25) is 0 Å². The molecule has 1 unspecified atom stereocenters. The fourth-order valence-electron chi connectivity index (χ4n) is 6.16. The summed E-state index contributed by atoms with van der Waals surface area (Å²) >= 11 is 0. The van der Waals surface area contributed by atoms with Gasteiger partial charge in [0.1, 0.15) is 11.7 Å². The molecule has 0 spiro atoms. The van der Waals surface area contributed by atoms with E-state index in [9.17, 15) is 33.1 Å². The van der Waals surface area contributed by atoms with Gasteiger partial charge in [0.15, 0.2) is 17.4 Å². The zero-order chi connectivity index (χ0) is 34.4. The molecule has 2 aromatic rings. The van der Waals surface area contributed by atoms with Crippen molar-refractivity contribution in [3.63, 3.8) is 0 Å². The number of amides is 1. The highest BCUT2D eigenvalue weighted by atomic mass is 19.2. The second-order valence-corrected chi connectivity index (χ2v) is 12.9. The predicted molar refractivity (Wildman–Crippen MR) is 173 cm³/mol. The number of carbonyl (C=O) groups excluding carboxylic acids is 2. The molecule has 47 heavy (non-hydrogen) atoms. The number of carboxylic acid groups (broad SMARTS) is 1. The van der Waals surface area contributed by atoms with E-state index in [1.807, 2.05) is 13.8 Å². The summed E-state index contributed by atoms with van der Waals surface area (Å²) in [6, 6.07) is 2.97. The van der Waals surface area contributed by atoms with Crippen LogP contribution in [0.1, 0.15) is 80.9 Å². The highest BCUT2D eigenvalue weighted by Crippen LogP contribution is 2.36. The topological polar surface area (TPSA) is 121 Å². The molecule has 9 nitrogen and oxygen atoms in total. The summed E-state index contributed by atoms with van der Waals surface area (Å²) in [5, 5.41) is 15.1. The lowest BCUT2D eigenvalue weighted by Gasteiger charge is -2.30. The molecule has 4 rings (SSSR count). The number of rotatable bonds is 15. The largest absolute Gasteiger partial charge is 0.481 e. The predicted octanol–water partition coefficient (Wildman–Crippen LogP) is 4.81. The van der Waals surface area contributed by atoms with Crippen LogP contribution in [-0.4, -0.2) is 70.6 Å². The Bertz CT molecular complexity index is 1630. The molecule has 254 valence electrons. The lowest BCUT2D eigenvalue weighted by atomic mass is 9.85. The van der Waals surface area contributed by atoms with Crippen molar-refractivity contribution in [3.05, 3.63) is 86.4 Å². The standard InChI is InChI=1S/C35H43F3N4O5/c1-20(2)13-29(40-34(46)25-7-5-10-42(35(25)47)12-11-41-8-6-9-41)30(43)19-39-28(18-31(44)45)26-16-23(17-27(37)33(26)38)32-21(3)14-24(36)15-22(32)4/h5,7,10,14,16-17,20,24,28-29,39H,6,8-9,11-13,15,18-19H2,1-4H3,(H,40,46)(H,44,45)/t24?,28-,29-/m0/s1. The Morgan fingerprint density at radius 2 is 1.83 bits per heavy atom. The Labute approximate surface area is 272 Å². The van der Waals surface area contributed by atoms with Crippen LogP contribution >= 0.6 is 0 Å². The third-order valence-electron chi connectivity index (χ3n) is 8.65. The number of nitrogens with one attached hydrogen (secondary N) is 2. The quantitative estimate of drug-likeness (QED) is 0.252. The normalized spacial score (nSPS) is 18.0. The minimum atomic E-state index is -1.31. The molecule has 1 fully saturated rings. The number of carbonyl (C=O) groups is 3. The maximum atomic E-state index is 15.2. The van der Waals surface area contributed by atoms with E-state index in [0.29, 0.717) is 29.8 Å². The first-order valence-electron chi connectivity index (χ1n) is 16.0. The molecular formula is C35H43F3N4O5. The van der Waals surface area contributed by atoms with E-state index in [1.54, 1.807) is 26.1 Å². The zero-order valence-electron chi connectivity index (χ0n) is 27.2. The third-order valence-corrected chi connectivity index (χ3v) is 8.65. The number of benzene rings is 1. The fraction of sp³-hybridized carbons (Fsp3) is 0.486. The lowest BCUT2D eigenvalue weighted by Crippen LogP contribution is -2.47. The molecule has 1 aliphatic carbocycles. The molecule has 1 aromatic heterocycles. The van der Waals surface area contributed by atoms with Crippen LogP contribution in [0.3, 0.4) is 0 Å². The second kappa shape index (κ2) is 15.7. The summed E-state index contributed by atoms with van der Waals surface area (Å²) in [7, 11) is 0. The van der Waals surface area contributed by atoms with E-state index in [0.717, 1.165) is 25.6 Å². The second-order valence-electron chi connectivity index (χ2n) is 12.9. The summed E-state index contributed by atoms with van der Waals surface area (Å²) in [4.78, 5) is 53.8. The van der Waals surface area contributed by atoms with E-state index < -0.39 is 66.1 Å². The van der Waals surface area contributed by atoms with Gasteiger partial charge in [-0.05, 0) is 92.7 Å². The number of pyridine rings is 1. The minimum absolute atomic E-state index is 0.0431. The van der Waals surface area contributed by atoms with Crippen LogP contribution in [0.15, 0.2) is 52.5 Å². The molecule has 2 heterocycles. The van der Waals surface area contributed by atoms with Crippen molar-refractivity contribution in [1.29, 1.82) is 0 Å². The number of aromatic nitrogens is 1. The van der Waals surface area contributed by atoms with Crippen LogP contribution in [0.4, 0.5) is 13.2 Å². The Kier molecular flexibility index (Phi) is 12.0. The molecule has 3 atom stereocenters. The van der Waals surface area contributed by atoms with Gasteiger partial charge in [-0.1, -0.05) is 19.4 Å². The molecule has 0 bridgehead atoms. The highest BCUT2D eigenvalue weighted by Gasteiger charge is 2.28. The Morgan fingerprint density at radius 1 is 1.11 bits per heavy atom. The molecule has 1 saturated heterocycles. The summed E-state index contributed by atoms with van der Waals surface area (Å²) < 4.78 is 45.7. The number of Topliss-reactive ketones (excluding diaryl/α,β-unsaturated/α-hetero) is 1. The molecule has 1 amide bonds. The first-order valence-corrected chi connectivity index (χ1v) is 16.0. The van der Waals surface area contributed by atoms with Gasteiger partial charge >= 0.3 is 5.97 Å². The number of ketones is 1. The van der Waals surface area contributed by atoms with Crippen molar-refractivity contribution in [2.45, 2.75) is 78.2 Å². The first-order chi connectivity index (χ1) is 22.2. The Hall–Kier alpha value is -4.03. The number of aliphatic carboxylic acids is 1. The third kappa shape index (κ3) is 9.07. The summed E-state index contributed by atoms with van der Waals surface area (Å²) in [5.41, 5.74) is 1.12. The van der Waals surface area contributed by atoms with E-state index in [4.69, 9.17) is 0 Å². The number of hydrogen-bond donors (Lipinski definition) is 3. The van der Waals surface area contributed by atoms with Gasteiger partial charge < -0.3 is 25.2 Å². The average molecular weight is 657 g/mol. The van der Waals surface area contributed by atoms with E-state index in [-0.39, 0.29) is 35.4 Å². The van der Waals surface area contributed by atoms with Crippen molar-refractivity contribution >= 4 is 23.2 Å². The molecular weight excluding hydrogens is 613 g/mol. The highest BCUT2D eigenvalue weighted by molar-refractivity contribution is 5.98. The molecule has 0 radical (unpaired) electrons. The summed E-state index contributed by atoms with van der Waals surface area (Å²) in [6.45, 7) is 9.64. The molecule has 1 aromatic carbocycles. The smallest absolute Gasteiger partial charge is 0.305 e. The fourth-order valence-corrected chi connectivity index (χ4v) is 6.16. The van der Waals surface area contributed by atoms with Crippen LogP contribution in [0.5, 0.6) is 0 Å². The van der Waals surface area contributed by atoms with E-state index in [1.165, 1.54) is 22.8 Å². The number of alkyl halides is 1. The molecule has 0 saturated carbocycles. The zero-order valence-corrected chi connectivity index (χ0v) is 27.2. The van der Waals surface area contributed by atoms with Crippen LogP contribution in [0.2, 0.25) is 0 Å². The van der Waals surface area contributed by atoms with Crippen LogP contribution < -0.4 is 16.2 Å². The number of allylic oxidation sites excluding steroid dienone is 4. The van der Waals surface area contributed by atoms with Crippen molar-refractivity contribution in [2.24, 2.45) is 5.92 Å². The number of likely N-dealkylation sites (tertiary alicyclic amines) is 1. The van der Waals surface area contributed by atoms with Crippen molar-refractivity contribution in [1.82, 2.24) is 20.1 Å². The van der Waals surface area contributed by atoms with Gasteiger partial charge in [0.25, 0.3) is 11.5 Å². The van der Waals surface area contributed by atoms with Crippen molar-refractivity contribution < 1.29 is 32.7 Å². The SMILES string of the molecule is CC1=CC(F)CC(C)=C1c1cc(F)c(F)c([C@H](CC(=O)O)NCC(=O)[C@H](CC(C)C)NC(=O)c2cccn(CCN3CCC3)c2=O)c1. The van der Waals surface area contributed by atoms with E-state index in [2.05, 4.69) is 15.5 Å². The maximum Gasteiger partial charge on any atom is 0.305 e. The summed E-state index contributed by atoms with van der Waals surface area (Å²) in [6.07, 6.45) is 2.56. The number of nitrogens with zero attached hydrogens (tertiary/aromatic N) is 2. The first kappa shape index (κ1) is 35.8. The van der Waals surface area contributed by atoms with Crippen LogP contribution in [0.25, 0.3) is 5.57 Å². The Morgan fingerprint density at radius 3 is 2.45 bits per heavy atom. The van der Waals surface area contributed by atoms with Gasteiger partial charge in [-0.3, -0.25) is 19.2 Å². The number of carboxylic acids is 1. The lowest BCUT2D eigenvalue weighted by molar-refractivity contribution is -0.137. The molecule has 12 heteroatoms. The van der Waals surface area contributed by atoms with Gasteiger partial charge in [-0.15, -0.1) is 0 Å². The number of halogens is 3. The van der Waals surface area contributed by atoms with E-state index >= 15 is 4.39 Å². The van der Waals surface area contributed by atoms with Gasteiger partial charge in [-0.25, -0.2) is 13.2 Å². The van der Waals surface area contributed by atoms with Crippen molar-refractivity contribution in [3.8, 4) is 0 Å². The average Bonchev–Trinajstić information content (AvgIpc) is 2.95. The Balaban J connectivity index is 1.54. The van der Waals surface area contributed by atoms with Gasteiger partial charge in [-0.2, -0.15) is 0 Å². The molecule has 2 aliphatic rings. The van der Waals surface area contributed by atoms with Crippen LogP contribution in [-0.2, 0) is 16.1 Å². The number of hydrogen-bond acceptors (Lipinski definition) is 6. The van der Waals surface area contributed by atoms with Gasteiger partial charge in [0.05, 0.1) is 19.0 Å². The van der Waals surface area contributed by atoms with Crippen LogP contribution in [0, 0.1) is 17.6 Å². The maximum absolute atomic E-state index is 15.2. The minimum Gasteiger partial charge on any atom is -0.481 e. The van der Waals surface area contributed by atoms with Gasteiger partial charge in [0, 0.05) is 37.3 Å². The molecule has 3 N–H and O–H groups in total. The molecule has 1 aliphatic heterocycles. The summed E-state index contributed by atoms with van der Waals surface area (Å²) in [5.74, 6) is -5.07.